The van der Waals surface area contributed by atoms with Gasteiger partial charge in [0.2, 0.25) is 11.8 Å². The fourth-order valence-corrected chi connectivity index (χ4v) is 5.05. The van der Waals surface area contributed by atoms with Crippen molar-refractivity contribution in [1.82, 2.24) is 4.98 Å². The van der Waals surface area contributed by atoms with Gasteiger partial charge >= 0.3 is 0 Å². The van der Waals surface area contributed by atoms with Crippen molar-refractivity contribution in [2.75, 3.05) is 16.8 Å². The number of benzene rings is 2. The fourth-order valence-electron chi connectivity index (χ4n) is 4.89. The van der Waals surface area contributed by atoms with Crippen LogP contribution in [0.5, 0.6) is 5.75 Å². The topological polar surface area (TPSA) is 67.6 Å². The van der Waals surface area contributed by atoms with Crippen LogP contribution in [0.25, 0.3) is 0 Å². The number of carbonyl (C=O) groups excluding carboxylic acids is 1. The van der Waals surface area contributed by atoms with Crippen molar-refractivity contribution in [2.24, 2.45) is 5.92 Å². The SMILES string of the molecule is CC(C)CN(c1ccc(OC(C)c2ncco2)cc1NC(=O)Cc1ccc(Cl)cc1F)C1CCCCC1. The van der Waals surface area contributed by atoms with Gasteiger partial charge in [-0.3, -0.25) is 4.79 Å². The minimum atomic E-state index is -0.497. The minimum Gasteiger partial charge on any atom is -0.481 e. The summed E-state index contributed by atoms with van der Waals surface area (Å²) >= 11 is 5.88. The van der Waals surface area contributed by atoms with E-state index in [-0.39, 0.29) is 12.3 Å². The lowest BCUT2D eigenvalue weighted by Crippen LogP contribution is -2.40. The lowest BCUT2D eigenvalue weighted by Gasteiger charge is -2.38. The number of nitrogens with zero attached hydrogens (tertiary/aromatic N) is 2. The molecule has 1 unspecified atom stereocenters. The smallest absolute Gasteiger partial charge is 0.235 e. The van der Waals surface area contributed by atoms with Crippen molar-refractivity contribution in [3.8, 4) is 5.75 Å². The maximum atomic E-state index is 14.4. The third-order valence-corrected chi connectivity index (χ3v) is 6.84. The van der Waals surface area contributed by atoms with Crippen LogP contribution < -0.4 is 15.0 Å². The van der Waals surface area contributed by atoms with Crippen molar-refractivity contribution < 1.29 is 18.3 Å². The van der Waals surface area contributed by atoms with E-state index >= 15 is 0 Å². The summed E-state index contributed by atoms with van der Waals surface area (Å²) in [4.78, 5) is 19.7. The van der Waals surface area contributed by atoms with Crippen LogP contribution in [0.15, 0.2) is 53.3 Å². The highest BCUT2D eigenvalue weighted by Gasteiger charge is 2.25. The number of halogens is 2. The Balaban J connectivity index is 1.63. The van der Waals surface area contributed by atoms with Gasteiger partial charge in [-0.25, -0.2) is 9.37 Å². The van der Waals surface area contributed by atoms with Crippen molar-refractivity contribution in [3.05, 3.63) is 71.2 Å². The number of carbonyl (C=O) groups is 1. The van der Waals surface area contributed by atoms with Gasteiger partial charge in [0.1, 0.15) is 17.8 Å². The molecule has 1 N–H and O–H groups in total. The Morgan fingerprint density at radius 2 is 1.97 bits per heavy atom. The molecule has 6 nitrogen and oxygen atoms in total. The first kappa shape index (κ1) is 27.0. The fraction of sp³-hybridized carbons (Fsp3) is 0.448. The molecule has 37 heavy (non-hydrogen) atoms. The number of hydrogen-bond donors (Lipinski definition) is 1. The van der Waals surface area contributed by atoms with E-state index < -0.39 is 11.9 Å². The van der Waals surface area contributed by atoms with E-state index in [4.69, 9.17) is 20.8 Å². The summed E-state index contributed by atoms with van der Waals surface area (Å²) in [7, 11) is 0. The van der Waals surface area contributed by atoms with Gasteiger partial charge in [-0.15, -0.1) is 0 Å². The standard InChI is InChI=1S/C29H35ClFN3O3/c1-19(2)18-34(23-7-5-4-6-8-23)27-12-11-24(37-20(3)29-32-13-14-36-29)17-26(27)33-28(35)15-21-9-10-22(30)16-25(21)31/h9-14,16-17,19-20,23H,4-8,15,18H2,1-3H3,(H,33,35). The second kappa shape index (κ2) is 12.5. The largest absolute Gasteiger partial charge is 0.481 e. The van der Waals surface area contributed by atoms with Gasteiger partial charge in [-0.05, 0) is 55.5 Å². The third-order valence-electron chi connectivity index (χ3n) is 6.61. The van der Waals surface area contributed by atoms with Gasteiger partial charge in [0.25, 0.3) is 0 Å². The average molecular weight is 528 g/mol. The first-order valence-corrected chi connectivity index (χ1v) is 13.4. The first-order valence-electron chi connectivity index (χ1n) is 13.0. The third kappa shape index (κ3) is 7.25. The van der Waals surface area contributed by atoms with Gasteiger partial charge in [-0.2, -0.15) is 0 Å². The number of aromatic nitrogens is 1. The minimum absolute atomic E-state index is 0.103. The predicted molar refractivity (Wildman–Crippen MR) is 145 cm³/mol. The van der Waals surface area contributed by atoms with Gasteiger partial charge in [0.15, 0.2) is 6.10 Å². The van der Waals surface area contributed by atoms with Crippen molar-refractivity contribution >= 4 is 28.9 Å². The Bertz CT molecular complexity index is 1180. The molecule has 198 valence electrons. The summed E-state index contributed by atoms with van der Waals surface area (Å²) in [5, 5.41) is 3.34. The lowest BCUT2D eigenvalue weighted by atomic mass is 9.93. The van der Waals surface area contributed by atoms with Gasteiger partial charge in [0.05, 0.1) is 24.0 Å². The van der Waals surface area contributed by atoms with Crippen LogP contribution in [0, 0.1) is 11.7 Å². The number of ether oxygens (including phenoxy) is 1. The molecule has 0 spiro atoms. The molecule has 1 aliphatic carbocycles. The number of oxazole rings is 1. The van der Waals surface area contributed by atoms with Crippen molar-refractivity contribution in [3.63, 3.8) is 0 Å². The quantitative estimate of drug-likeness (QED) is 0.294. The van der Waals surface area contributed by atoms with E-state index in [2.05, 4.69) is 29.0 Å². The van der Waals surface area contributed by atoms with E-state index in [9.17, 15) is 9.18 Å². The molecule has 1 fully saturated rings. The molecule has 1 aliphatic rings. The summed E-state index contributed by atoms with van der Waals surface area (Å²) < 4.78 is 25.8. The normalized spacial score (nSPS) is 15.0. The molecular formula is C29H35ClFN3O3. The number of rotatable bonds is 10. The van der Waals surface area contributed by atoms with Gasteiger partial charge in [0, 0.05) is 23.7 Å². The first-order chi connectivity index (χ1) is 17.8. The second-order valence-electron chi connectivity index (χ2n) is 10.1. The molecule has 0 saturated heterocycles. The Labute approximate surface area is 223 Å². The zero-order chi connectivity index (χ0) is 26.4. The zero-order valence-corrected chi connectivity index (χ0v) is 22.4. The van der Waals surface area contributed by atoms with E-state index in [0.717, 1.165) is 25.1 Å². The van der Waals surface area contributed by atoms with Crippen molar-refractivity contribution in [1.29, 1.82) is 0 Å². The van der Waals surface area contributed by atoms with Crippen LogP contribution in [0.3, 0.4) is 0 Å². The summed E-state index contributed by atoms with van der Waals surface area (Å²) in [6, 6.07) is 10.5. The molecule has 1 saturated carbocycles. The number of hydrogen-bond acceptors (Lipinski definition) is 5. The molecule has 4 rings (SSSR count). The van der Waals surface area contributed by atoms with E-state index in [1.54, 1.807) is 18.3 Å². The highest BCUT2D eigenvalue weighted by atomic mass is 35.5. The van der Waals surface area contributed by atoms with E-state index in [1.807, 2.05) is 25.1 Å². The molecule has 0 aliphatic heterocycles. The average Bonchev–Trinajstić information content (AvgIpc) is 3.41. The van der Waals surface area contributed by atoms with Crippen LogP contribution in [-0.4, -0.2) is 23.5 Å². The Kier molecular flexibility index (Phi) is 9.09. The Morgan fingerprint density at radius 1 is 1.19 bits per heavy atom. The predicted octanol–water partition coefficient (Wildman–Crippen LogP) is 7.58. The maximum Gasteiger partial charge on any atom is 0.235 e. The molecule has 3 aromatic rings. The summed E-state index contributed by atoms with van der Waals surface area (Å²) in [5.41, 5.74) is 1.88. The molecule has 1 heterocycles. The monoisotopic (exact) mass is 527 g/mol. The zero-order valence-electron chi connectivity index (χ0n) is 21.7. The molecule has 1 amide bonds. The highest BCUT2D eigenvalue weighted by molar-refractivity contribution is 6.30. The maximum absolute atomic E-state index is 14.4. The molecule has 8 heteroatoms. The van der Waals surface area contributed by atoms with E-state index in [1.165, 1.54) is 31.6 Å². The Morgan fingerprint density at radius 3 is 2.65 bits per heavy atom. The molecule has 1 atom stereocenters. The van der Waals surface area contributed by atoms with Crippen LogP contribution in [0.2, 0.25) is 5.02 Å². The van der Waals surface area contributed by atoms with Gasteiger partial charge in [-0.1, -0.05) is 50.8 Å². The summed E-state index contributed by atoms with van der Waals surface area (Å²) in [6.07, 6.45) is 8.48. The lowest BCUT2D eigenvalue weighted by molar-refractivity contribution is -0.115. The number of anilines is 2. The highest BCUT2D eigenvalue weighted by Crippen LogP contribution is 2.37. The second-order valence-corrected chi connectivity index (χ2v) is 10.5. The van der Waals surface area contributed by atoms with Crippen molar-refractivity contribution in [2.45, 2.75) is 71.4 Å². The Hall–Kier alpha value is -3.06. The molecule has 1 aromatic heterocycles. The summed E-state index contributed by atoms with van der Waals surface area (Å²) in [6.45, 7) is 7.13. The van der Waals surface area contributed by atoms with Crippen LogP contribution >= 0.6 is 11.6 Å². The molecule has 2 aromatic carbocycles. The number of nitrogens with one attached hydrogen (secondary N) is 1. The van der Waals surface area contributed by atoms with Gasteiger partial charge < -0.3 is 19.4 Å². The molecule has 0 bridgehead atoms. The van der Waals surface area contributed by atoms with Crippen LogP contribution in [-0.2, 0) is 11.2 Å². The number of amides is 1. The summed E-state index contributed by atoms with van der Waals surface area (Å²) in [5.74, 6) is 0.679. The molecule has 0 radical (unpaired) electrons. The molecular weight excluding hydrogens is 493 g/mol. The van der Waals surface area contributed by atoms with E-state index in [0.29, 0.717) is 39.9 Å². The van der Waals surface area contributed by atoms with Crippen LogP contribution in [0.4, 0.5) is 15.8 Å². The van der Waals surface area contributed by atoms with Crippen LogP contribution in [0.1, 0.15) is 70.4 Å².